The van der Waals surface area contributed by atoms with E-state index in [4.69, 9.17) is 21.0 Å². The van der Waals surface area contributed by atoms with Gasteiger partial charge in [0.2, 0.25) is 0 Å². The van der Waals surface area contributed by atoms with Crippen molar-refractivity contribution in [3.05, 3.63) is 29.8 Å². The highest BCUT2D eigenvalue weighted by atomic mass is 16.5. The maximum Gasteiger partial charge on any atom is 0.119 e. The van der Waals surface area contributed by atoms with Crippen LogP contribution in [-0.2, 0) is 6.61 Å². The number of rotatable bonds is 6. The number of hydrogen-bond donors (Lipinski definition) is 3. The lowest BCUT2D eigenvalue weighted by Gasteiger charge is -2.22. The van der Waals surface area contributed by atoms with E-state index in [0.717, 1.165) is 11.3 Å². The molecule has 1 aromatic carbocycles. The summed E-state index contributed by atoms with van der Waals surface area (Å²) in [5.41, 5.74) is 6.02. The molecular formula is C13H20N2O2. The first kappa shape index (κ1) is 13.5. The summed E-state index contributed by atoms with van der Waals surface area (Å²) < 4.78 is 5.56. The van der Waals surface area contributed by atoms with Crippen molar-refractivity contribution in [3.63, 3.8) is 0 Å². The molecular weight excluding hydrogens is 216 g/mol. The lowest BCUT2D eigenvalue weighted by atomic mass is 9.88. The van der Waals surface area contributed by atoms with Crippen molar-refractivity contribution in [2.75, 3.05) is 6.61 Å². The molecule has 0 atom stereocenters. The predicted octanol–water partition coefficient (Wildman–Crippen LogP) is 1.91. The van der Waals surface area contributed by atoms with Crippen LogP contribution in [0, 0.1) is 10.8 Å². The molecule has 0 aliphatic rings. The van der Waals surface area contributed by atoms with Gasteiger partial charge in [0.25, 0.3) is 0 Å². The Balaban J connectivity index is 2.43. The smallest absolute Gasteiger partial charge is 0.119 e. The van der Waals surface area contributed by atoms with Crippen LogP contribution < -0.4 is 10.5 Å². The second-order valence-corrected chi connectivity index (χ2v) is 4.70. The van der Waals surface area contributed by atoms with E-state index in [1.165, 1.54) is 0 Å². The lowest BCUT2D eigenvalue weighted by Crippen LogP contribution is -2.32. The van der Waals surface area contributed by atoms with E-state index < -0.39 is 0 Å². The summed E-state index contributed by atoms with van der Waals surface area (Å²) in [4.78, 5) is 0. The minimum Gasteiger partial charge on any atom is -0.494 e. The zero-order chi connectivity index (χ0) is 12.9. The fourth-order valence-electron chi connectivity index (χ4n) is 1.25. The lowest BCUT2D eigenvalue weighted by molar-refractivity contribution is 0.267. The van der Waals surface area contributed by atoms with Gasteiger partial charge in [-0.15, -0.1) is 0 Å². The predicted molar refractivity (Wildman–Crippen MR) is 68.2 cm³/mol. The maximum absolute atomic E-state index is 8.89. The molecule has 4 heteroatoms. The van der Waals surface area contributed by atoms with Gasteiger partial charge in [-0.1, -0.05) is 26.0 Å². The highest BCUT2D eigenvalue weighted by Gasteiger charge is 2.21. The van der Waals surface area contributed by atoms with Crippen molar-refractivity contribution in [2.24, 2.45) is 11.1 Å². The van der Waals surface area contributed by atoms with Crippen LogP contribution in [0.2, 0.25) is 0 Å². The first-order chi connectivity index (χ1) is 7.95. The van der Waals surface area contributed by atoms with Gasteiger partial charge in [-0.25, -0.2) is 0 Å². The Bertz CT molecular complexity index is 372. The Morgan fingerprint density at radius 3 is 2.41 bits per heavy atom. The number of hydrogen-bond acceptors (Lipinski definition) is 3. The van der Waals surface area contributed by atoms with E-state index >= 15 is 0 Å². The molecule has 1 rings (SSSR count). The molecule has 0 spiro atoms. The zero-order valence-electron chi connectivity index (χ0n) is 10.4. The Morgan fingerprint density at radius 2 is 1.94 bits per heavy atom. The molecule has 0 aliphatic heterocycles. The van der Waals surface area contributed by atoms with Crippen molar-refractivity contribution in [1.82, 2.24) is 0 Å². The van der Waals surface area contributed by atoms with Gasteiger partial charge in [-0.2, -0.15) is 0 Å². The Kier molecular flexibility index (Phi) is 4.52. The van der Waals surface area contributed by atoms with Gasteiger partial charge in [0.1, 0.15) is 5.75 Å². The standard InChI is InChI=1S/C13H20N2O2/c1-13(2,12(14)15)7-8-17-11-5-3-10(9-16)4-6-11/h3-6,16H,7-9H2,1-2H3,(H3,14,15). The van der Waals surface area contributed by atoms with Gasteiger partial charge in [0.05, 0.1) is 19.0 Å². The zero-order valence-corrected chi connectivity index (χ0v) is 10.4. The van der Waals surface area contributed by atoms with Gasteiger partial charge in [-0.05, 0) is 24.1 Å². The SMILES string of the molecule is CC(C)(CCOc1ccc(CO)cc1)C(=N)N. The summed E-state index contributed by atoms with van der Waals surface area (Å²) in [6.07, 6.45) is 0.698. The van der Waals surface area contributed by atoms with Gasteiger partial charge in [0.15, 0.2) is 0 Å². The normalized spacial score (nSPS) is 11.2. The van der Waals surface area contributed by atoms with E-state index in [2.05, 4.69) is 0 Å². The average molecular weight is 236 g/mol. The summed E-state index contributed by atoms with van der Waals surface area (Å²) in [7, 11) is 0. The van der Waals surface area contributed by atoms with Crippen LogP contribution in [-0.4, -0.2) is 17.5 Å². The largest absolute Gasteiger partial charge is 0.494 e. The van der Waals surface area contributed by atoms with Crippen molar-refractivity contribution in [1.29, 1.82) is 5.41 Å². The number of benzene rings is 1. The van der Waals surface area contributed by atoms with Crippen LogP contribution >= 0.6 is 0 Å². The van der Waals surface area contributed by atoms with Crippen LogP contribution in [0.5, 0.6) is 5.75 Å². The quantitative estimate of drug-likeness (QED) is 0.521. The Morgan fingerprint density at radius 1 is 1.35 bits per heavy atom. The third kappa shape index (κ3) is 4.07. The summed E-state index contributed by atoms with van der Waals surface area (Å²) >= 11 is 0. The molecule has 4 nitrogen and oxygen atoms in total. The molecule has 0 saturated carbocycles. The molecule has 0 aliphatic carbocycles. The Hall–Kier alpha value is -1.55. The van der Waals surface area contributed by atoms with E-state index in [1.807, 2.05) is 38.1 Å². The molecule has 0 bridgehead atoms. The molecule has 94 valence electrons. The highest BCUT2D eigenvalue weighted by molar-refractivity contribution is 5.82. The fourth-order valence-corrected chi connectivity index (χ4v) is 1.25. The molecule has 4 N–H and O–H groups in total. The molecule has 17 heavy (non-hydrogen) atoms. The molecule has 0 unspecified atom stereocenters. The fraction of sp³-hybridized carbons (Fsp3) is 0.462. The monoisotopic (exact) mass is 236 g/mol. The summed E-state index contributed by atoms with van der Waals surface area (Å²) in [5.74, 6) is 0.943. The van der Waals surface area contributed by atoms with Crippen molar-refractivity contribution < 1.29 is 9.84 Å². The Labute approximate surface area is 102 Å². The number of aliphatic hydroxyl groups is 1. The van der Waals surface area contributed by atoms with Crippen molar-refractivity contribution in [2.45, 2.75) is 26.9 Å². The van der Waals surface area contributed by atoms with Crippen molar-refractivity contribution in [3.8, 4) is 5.75 Å². The molecule has 0 heterocycles. The second kappa shape index (κ2) is 5.68. The van der Waals surface area contributed by atoms with Crippen molar-refractivity contribution >= 4 is 5.84 Å². The molecule has 0 aromatic heterocycles. The summed E-state index contributed by atoms with van der Waals surface area (Å²) in [5, 5.41) is 16.3. The number of aliphatic hydroxyl groups excluding tert-OH is 1. The number of ether oxygens (including phenoxy) is 1. The summed E-state index contributed by atoms with van der Waals surface area (Å²) in [6.45, 7) is 4.41. The van der Waals surface area contributed by atoms with Crippen LogP contribution in [0.15, 0.2) is 24.3 Å². The molecule has 0 saturated heterocycles. The number of nitrogens with one attached hydrogen (secondary N) is 1. The van der Waals surface area contributed by atoms with Crippen LogP contribution in [0.25, 0.3) is 0 Å². The molecule has 0 fully saturated rings. The average Bonchev–Trinajstić information content (AvgIpc) is 2.29. The molecule has 1 aromatic rings. The first-order valence-corrected chi connectivity index (χ1v) is 5.63. The van der Waals surface area contributed by atoms with E-state index in [0.29, 0.717) is 13.0 Å². The highest BCUT2D eigenvalue weighted by Crippen LogP contribution is 2.20. The van der Waals surface area contributed by atoms with E-state index in [1.54, 1.807) is 0 Å². The number of nitrogens with two attached hydrogens (primary N) is 1. The van der Waals surface area contributed by atoms with Gasteiger partial charge in [-0.3, -0.25) is 5.41 Å². The van der Waals surface area contributed by atoms with Crippen LogP contribution in [0.3, 0.4) is 0 Å². The van der Waals surface area contributed by atoms with Crippen LogP contribution in [0.1, 0.15) is 25.8 Å². The van der Waals surface area contributed by atoms with Gasteiger partial charge < -0.3 is 15.6 Å². The minimum atomic E-state index is -0.328. The minimum absolute atomic E-state index is 0.0393. The molecule has 0 radical (unpaired) electrons. The third-order valence-electron chi connectivity index (χ3n) is 2.83. The first-order valence-electron chi connectivity index (χ1n) is 5.63. The third-order valence-corrected chi connectivity index (χ3v) is 2.83. The van der Waals surface area contributed by atoms with E-state index in [9.17, 15) is 0 Å². The van der Waals surface area contributed by atoms with Gasteiger partial charge >= 0.3 is 0 Å². The van der Waals surface area contributed by atoms with Crippen LogP contribution in [0.4, 0.5) is 0 Å². The van der Waals surface area contributed by atoms with E-state index in [-0.39, 0.29) is 17.9 Å². The second-order valence-electron chi connectivity index (χ2n) is 4.70. The maximum atomic E-state index is 8.89. The molecule has 0 amide bonds. The van der Waals surface area contributed by atoms with Gasteiger partial charge in [0, 0.05) is 5.41 Å². The topological polar surface area (TPSA) is 79.3 Å². The summed E-state index contributed by atoms with van der Waals surface area (Å²) in [6, 6.07) is 7.30. The number of amidine groups is 1.